The van der Waals surface area contributed by atoms with Gasteiger partial charge in [-0.1, -0.05) is 67.9 Å². The van der Waals surface area contributed by atoms with Gasteiger partial charge in [-0.25, -0.2) is 0 Å². The molecule has 0 unspecified atom stereocenters. The van der Waals surface area contributed by atoms with E-state index in [1.54, 1.807) is 0 Å². The number of nitrogens with zero attached hydrogens (tertiary/aromatic N) is 2. The van der Waals surface area contributed by atoms with E-state index in [0.717, 1.165) is 5.56 Å². The third kappa shape index (κ3) is 4.42. The molecule has 1 aromatic heterocycles. The summed E-state index contributed by atoms with van der Waals surface area (Å²) < 4.78 is 5.34. The normalized spacial score (nSPS) is 12.6. The van der Waals surface area contributed by atoms with E-state index in [2.05, 4.69) is 36.2 Å². The van der Waals surface area contributed by atoms with E-state index in [9.17, 15) is 4.79 Å². The highest BCUT2D eigenvalue weighted by molar-refractivity contribution is 5.94. The van der Waals surface area contributed by atoms with Crippen LogP contribution in [0.2, 0.25) is 0 Å². The molecule has 0 saturated carbocycles. The Morgan fingerprint density at radius 1 is 1.04 bits per heavy atom. The lowest BCUT2D eigenvalue weighted by Gasteiger charge is -2.19. The first-order chi connectivity index (χ1) is 12.7. The highest BCUT2D eigenvalue weighted by Gasteiger charge is 2.19. The van der Waals surface area contributed by atoms with Gasteiger partial charge >= 0.3 is 0 Å². The molecule has 5 heteroatoms. The third-order valence-corrected chi connectivity index (χ3v) is 4.48. The van der Waals surface area contributed by atoms with Gasteiger partial charge in [-0.3, -0.25) is 4.79 Å². The number of amides is 1. The zero-order valence-electron chi connectivity index (χ0n) is 16.4. The lowest BCUT2D eigenvalue weighted by Crippen LogP contribution is -2.27. The Hall–Kier alpha value is -2.95. The number of hydrogen-bond donors (Lipinski definition) is 1. The number of benzene rings is 2. The van der Waals surface area contributed by atoms with Crippen molar-refractivity contribution in [1.29, 1.82) is 0 Å². The van der Waals surface area contributed by atoms with E-state index in [4.69, 9.17) is 4.52 Å². The van der Waals surface area contributed by atoms with Gasteiger partial charge in [0.1, 0.15) is 6.04 Å². The molecule has 5 nitrogen and oxygen atoms in total. The Morgan fingerprint density at radius 3 is 2.26 bits per heavy atom. The topological polar surface area (TPSA) is 68.0 Å². The molecule has 27 heavy (non-hydrogen) atoms. The number of aryl methyl sites for hydroxylation is 1. The van der Waals surface area contributed by atoms with E-state index in [1.165, 1.54) is 11.1 Å². The van der Waals surface area contributed by atoms with Crippen LogP contribution in [-0.4, -0.2) is 16.0 Å². The Morgan fingerprint density at radius 2 is 1.67 bits per heavy atom. The Labute approximate surface area is 159 Å². The van der Waals surface area contributed by atoms with Gasteiger partial charge in [-0.2, -0.15) is 4.98 Å². The van der Waals surface area contributed by atoms with Gasteiger partial charge in [0.2, 0.25) is 11.7 Å². The Kier molecular flexibility index (Phi) is 5.13. The second-order valence-electron chi connectivity index (χ2n) is 7.84. The van der Waals surface area contributed by atoms with Crippen LogP contribution >= 0.6 is 0 Å². The molecular formula is C22H25N3O2. The van der Waals surface area contributed by atoms with E-state index in [1.807, 2.05) is 62.4 Å². The molecule has 0 aliphatic rings. The lowest BCUT2D eigenvalue weighted by molar-refractivity contribution is 0.0932. The summed E-state index contributed by atoms with van der Waals surface area (Å²) in [6.45, 7) is 10.3. The van der Waals surface area contributed by atoms with Gasteiger partial charge in [0, 0.05) is 11.1 Å². The van der Waals surface area contributed by atoms with Crippen molar-refractivity contribution in [3.05, 3.63) is 71.1 Å². The van der Waals surface area contributed by atoms with Gasteiger partial charge in [0.25, 0.3) is 5.91 Å². The highest BCUT2D eigenvalue weighted by atomic mass is 16.5. The molecule has 140 valence electrons. The smallest absolute Gasteiger partial charge is 0.251 e. The Balaban J connectivity index is 1.69. The summed E-state index contributed by atoms with van der Waals surface area (Å²) in [6.07, 6.45) is 0. The molecule has 0 spiro atoms. The molecule has 0 fully saturated rings. The summed E-state index contributed by atoms with van der Waals surface area (Å²) in [6, 6.07) is 15.2. The van der Waals surface area contributed by atoms with Crippen LogP contribution in [0, 0.1) is 6.92 Å². The molecule has 1 heterocycles. The molecule has 0 radical (unpaired) electrons. The van der Waals surface area contributed by atoms with Crippen LogP contribution in [0.5, 0.6) is 0 Å². The molecule has 3 rings (SSSR count). The van der Waals surface area contributed by atoms with Crippen molar-refractivity contribution in [1.82, 2.24) is 15.5 Å². The first-order valence-electron chi connectivity index (χ1n) is 9.06. The van der Waals surface area contributed by atoms with Crippen LogP contribution in [0.4, 0.5) is 0 Å². The van der Waals surface area contributed by atoms with Crippen molar-refractivity contribution in [3.8, 4) is 11.4 Å². The highest BCUT2D eigenvalue weighted by Crippen LogP contribution is 2.23. The number of aromatic nitrogens is 2. The maximum absolute atomic E-state index is 12.5. The van der Waals surface area contributed by atoms with Gasteiger partial charge in [-0.05, 0) is 37.0 Å². The van der Waals surface area contributed by atoms with E-state index in [0.29, 0.717) is 17.3 Å². The maximum atomic E-state index is 12.5. The van der Waals surface area contributed by atoms with Crippen molar-refractivity contribution in [3.63, 3.8) is 0 Å². The molecule has 2 aromatic carbocycles. The summed E-state index contributed by atoms with van der Waals surface area (Å²) in [5.41, 5.74) is 3.89. The van der Waals surface area contributed by atoms with Crippen LogP contribution in [-0.2, 0) is 5.41 Å². The van der Waals surface area contributed by atoms with Crippen molar-refractivity contribution in [2.45, 2.75) is 46.1 Å². The lowest BCUT2D eigenvalue weighted by atomic mass is 9.86. The number of nitrogens with one attached hydrogen (secondary N) is 1. The van der Waals surface area contributed by atoms with Crippen LogP contribution < -0.4 is 5.32 Å². The summed E-state index contributed by atoms with van der Waals surface area (Å²) in [7, 11) is 0. The molecule has 0 saturated heterocycles. The molecule has 1 atom stereocenters. The molecule has 1 N–H and O–H groups in total. The summed E-state index contributed by atoms with van der Waals surface area (Å²) >= 11 is 0. The predicted octanol–water partition coefficient (Wildman–Crippen LogP) is 4.83. The van der Waals surface area contributed by atoms with Crippen molar-refractivity contribution in [2.75, 3.05) is 0 Å². The van der Waals surface area contributed by atoms with Crippen LogP contribution in [0.1, 0.15) is 61.1 Å². The van der Waals surface area contributed by atoms with Gasteiger partial charge in [-0.15, -0.1) is 0 Å². The maximum Gasteiger partial charge on any atom is 0.251 e. The first kappa shape index (κ1) is 18.8. The van der Waals surface area contributed by atoms with E-state index < -0.39 is 0 Å². The molecule has 3 aromatic rings. The van der Waals surface area contributed by atoms with Crippen LogP contribution in [0.15, 0.2) is 53.1 Å². The van der Waals surface area contributed by atoms with Crippen LogP contribution in [0.25, 0.3) is 11.4 Å². The van der Waals surface area contributed by atoms with Crippen molar-refractivity contribution >= 4 is 5.91 Å². The average molecular weight is 363 g/mol. The fourth-order valence-corrected chi connectivity index (χ4v) is 2.69. The molecule has 0 aliphatic heterocycles. The zero-order chi connectivity index (χ0) is 19.6. The summed E-state index contributed by atoms with van der Waals surface area (Å²) in [5.74, 6) is 0.726. The number of hydrogen-bond acceptors (Lipinski definition) is 4. The minimum absolute atomic E-state index is 0.0540. The quantitative estimate of drug-likeness (QED) is 0.720. The molecule has 0 bridgehead atoms. The molecule has 1 amide bonds. The zero-order valence-corrected chi connectivity index (χ0v) is 16.4. The van der Waals surface area contributed by atoms with E-state index >= 15 is 0 Å². The Bertz CT molecular complexity index is 919. The predicted molar refractivity (Wildman–Crippen MR) is 105 cm³/mol. The van der Waals surface area contributed by atoms with Crippen molar-refractivity contribution in [2.24, 2.45) is 0 Å². The van der Waals surface area contributed by atoms with Crippen molar-refractivity contribution < 1.29 is 9.32 Å². The second-order valence-corrected chi connectivity index (χ2v) is 7.84. The summed E-state index contributed by atoms with van der Waals surface area (Å²) in [4.78, 5) is 16.9. The number of carbonyl (C=O) groups is 1. The minimum atomic E-state index is -0.383. The first-order valence-corrected chi connectivity index (χ1v) is 9.06. The molecule has 0 aliphatic carbocycles. The fraction of sp³-hybridized carbons (Fsp3) is 0.318. The SMILES string of the molecule is Cc1ccc(-c2noc([C@@H](C)NC(=O)c3ccc(C(C)(C)C)cc3)n2)cc1. The molecular weight excluding hydrogens is 338 g/mol. The number of rotatable bonds is 4. The monoisotopic (exact) mass is 363 g/mol. The third-order valence-electron chi connectivity index (χ3n) is 4.48. The van der Waals surface area contributed by atoms with Crippen LogP contribution in [0.3, 0.4) is 0 Å². The minimum Gasteiger partial charge on any atom is -0.341 e. The summed E-state index contributed by atoms with van der Waals surface area (Å²) in [5, 5.41) is 6.93. The van der Waals surface area contributed by atoms with E-state index in [-0.39, 0.29) is 17.4 Å². The number of carbonyl (C=O) groups excluding carboxylic acids is 1. The standard InChI is InChI=1S/C22H25N3O2/c1-14-6-8-16(9-7-14)19-24-21(27-25-19)15(2)23-20(26)17-10-12-18(13-11-17)22(3,4)5/h6-13,15H,1-5H3,(H,23,26)/t15-/m1/s1. The largest absolute Gasteiger partial charge is 0.341 e. The fourth-order valence-electron chi connectivity index (χ4n) is 2.69. The van der Waals surface area contributed by atoms with Gasteiger partial charge < -0.3 is 9.84 Å². The average Bonchev–Trinajstić information content (AvgIpc) is 3.12. The second kappa shape index (κ2) is 7.35. The van der Waals surface area contributed by atoms with Gasteiger partial charge in [0.15, 0.2) is 0 Å². The van der Waals surface area contributed by atoms with Gasteiger partial charge in [0.05, 0.1) is 0 Å².